The lowest BCUT2D eigenvalue weighted by Gasteiger charge is -2.33. The lowest BCUT2D eigenvalue weighted by atomic mass is 10.0. The topological polar surface area (TPSA) is 37.3 Å². The third-order valence-electron chi connectivity index (χ3n) is 6.19. The second-order valence-corrected chi connectivity index (χ2v) is 9.05. The summed E-state index contributed by atoms with van der Waals surface area (Å²) in [4.78, 5) is 16.8. The van der Waals surface area contributed by atoms with E-state index in [2.05, 4.69) is 64.3 Å². The van der Waals surface area contributed by atoms with Crippen LogP contribution < -0.4 is 5.32 Å². The van der Waals surface area contributed by atoms with Crippen LogP contribution in [0.2, 0.25) is 0 Å². The van der Waals surface area contributed by atoms with E-state index in [-0.39, 0.29) is 11.9 Å². The lowest BCUT2D eigenvalue weighted by Crippen LogP contribution is -2.39. The van der Waals surface area contributed by atoms with Crippen molar-refractivity contribution in [3.63, 3.8) is 0 Å². The Bertz CT molecular complexity index is 946. The van der Waals surface area contributed by atoms with Gasteiger partial charge in [0.25, 0.3) is 5.91 Å². The van der Waals surface area contributed by atoms with Gasteiger partial charge in [0, 0.05) is 24.5 Å². The maximum Gasteiger partial charge on any atom is 0.267 e. The normalized spacial score (nSPS) is 18.8. The van der Waals surface area contributed by atoms with Gasteiger partial charge < -0.3 is 14.8 Å². The molecule has 0 bridgehead atoms. The van der Waals surface area contributed by atoms with E-state index in [1.165, 1.54) is 31.4 Å². The molecule has 1 aliphatic rings. The summed E-state index contributed by atoms with van der Waals surface area (Å²) in [5.41, 5.74) is 1.97. The summed E-state index contributed by atoms with van der Waals surface area (Å²) in [6.45, 7) is 7.48. The summed E-state index contributed by atoms with van der Waals surface area (Å²) >= 11 is 1.70. The molecular weight excluding hydrogens is 378 g/mol. The molecular formula is C24H31N3OS. The number of aromatic nitrogens is 1. The number of carbonyl (C=O) groups is 1. The largest absolute Gasteiger partial charge is 0.351 e. The number of nitrogens with zero attached hydrogens (tertiary/aromatic N) is 2. The highest BCUT2D eigenvalue weighted by molar-refractivity contribution is 7.16. The van der Waals surface area contributed by atoms with Crippen LogP contribution in [0.4, 0.5) is 0 Å². The number of thiophene rings is 1. The summed E-state index contributed by atoms with van der Waals surface area (Å²) in [5.74, 6) is 0.0304. The molecule has 3 heterocycles. The van der Waals surface area contributed by atoms with Crippen molar-refractivity contribution in [3.05, 3.63) is 59.1 Å². The van der Waals surface area contributed by atoms with Crippen molar-refractivity contribution >= 4 is 27.5 Å². The van der Waals surface area contributed by atoms with Crippen molar-refractivity contribution in [2.24, 2.45) is 0 Å². The maximum absolute atomic E-state index is 13.0. The van der Waals surface area contributed by atoms with E-state index in [0.717, 1.165) is 35.4 Å². The first kappa shape index (κ1) is 20.2. The average molecular weight is 410 g/mol. The molecule has 0 aliphatic carbocycles. The second-order valence-electron chi connectivity index (χ2n) is 8.16. The number of carbonyl (C=O) groups excluding carboxylic acids is 1. The molecule has 2 atom stereocenters. The number of amides is 1. The zero-order valence-electron chi connectivity index (χ0n) is 17.4. The number of rotatable bonds is 7. The van der Waals surface area contributed by atoms with Crippen LogP contribution in [0.1, 0.15) is 61.6 Å². The van der Waals surface area contributed by atoms with Crippen LogP contribution in [0.3, 0.4) is 0 Å². The highest BCUT2D eigenvalue weighted by atomic mass is 32.1. The molecule has 1 saturated heterocycles. The zero-order chi connectivity index (χ0) is 20.2. The van der Waals surface area contributed by atoms with E-state index >= 15 is 0 Å². The monoisotopic (exact) mass is 409 g/mol. The first-order valence-electron chi connectivity index (χ1n) is 10.8. The Hall–Kier alpha value is -2.11. The van der Waals surface area contributed by atoms with Crippen LogP contribution in [0.25, 0.3) is 10.2 Å². The van der Waals surface area contributed by atoms with Gasteiger partial charge in [-0.15, -0.1) is 11.3 Å². The number of fused-ring (bicyclic) bond motifs is 1. The van der Waals surface area contributed by atoms with Gasteiger partial charge in [-0.05, 0) is 62.7 Å². The van der Waals surface area contributed by atoms with E-state index in [1.807, 2.05) is 12.1 Å². The Morgan fingerprint density at radius 3 is 2.86 bits per heavy atom. The molecule has 0 unspecified atom stereocenters. The van der Waals surface area contributed by atoms with Gasteiger partial charge >= 0.3 is 0 Å². The molecule has 4 rings (SSSR count). The molecule has 2 aromatic heterocycles. The number of hydrogen-bond acceptors (Lipinski definition) is 3. The Morgan fingerprint density at radius 1 is 1.24 bits per heavy atom. The third-order valence-corrected chi connectivity index (χ3v) is 7.12. The van der Waals surface area contributed by atoms with Crippen LogP contribution in [0.5, 0.6) is 0 Å². The fraction of sp³-hybridized carbons (Fsp3) is 0.458. The van der Waals surface area contributed by atoms with E-state index < -0.39 is 0 Å². The molecule has 29 heavy (non-hydrogen) atoms. The zero-order valence-corrected chi connectivity index (χ0v) is 18.3. The standard InChI is InChI=1S/C24H31N3OS/c1-18-9-6-7-14-26(18)15-8-13-25-23(28)22-17-21-12-16-29-24(21)27(22)19(2)20-10-4-3-5-11-20/h3-5,10-12,16-19H,6-9,13-15H2,1-2H3,(H,25,28)/t18-,19+/m0/s1. The summed E-state index contributed by atoms with van der Waals surface area (Å²) in [6, 6.07) is 15.3. The lowest BCUT2D eigenvalue weighted by molar-refractivity contribution is 0.0939. The van der Waals surface area contributed by atoms with E-state index in [1.54, 1.807) is 11.3 Å². The van der Waals surface area contributed by atoms with Gasteiger partial charge in [0.2, 0.25) is 0 Å². The minimum Gasteiger partial charge on any atom is -0.351 e. The smallest absolute Gasteiger partial charge is 0.267 e. The molecule has 3 aromatic rings. The molecule has 0 radical (unpaired) electrons. The van der Waals surface area contributed by atoms with Crippen LogP contribution >= 0.6 is 11.3 Å². The summed E-state index contributed by atoms with van der Waals surface area (Å²) < 4.78 is 2.19. The van der Waals surface area contributed by atoms with Gasteiger partial charge in [-0.1, -0.05) is 36.8 Å². The number of benzene rings is 1. The van der Waals surface area contributed by atoms with Crippen molar-refractivity contribution in [1.82, 2.24) is 14.8 Å². The molecule has 1 N–H and O–H groups in total. The van der Waals surface area contributed by atoms with Crippen molar-refractivity contribution in [1.29, 1.82) is 0 Å². The quantitative estimate of drug-likeness (QED) is 0.537. The van der Waals surface area contributed by atoms with Gasteiger partial charge in [-0.25, -0.2) is 0 Å². The van der Waals surface area contributed by atoms with Crippen LogP contribution in [0.15, 0.2) is 47.8 Å². The maximum atomic E-state index is 13.0. The summed E-state index contributed by atoms with van der Waals surface area (Å²) in [7, 11) is 0. The fourth-order valence-corrected chi connectivity index (χ4v) is 5.42. The second kappa shape index (κ2) is 9.14. The highest BCUT2D eigenvalue weighted by Gasteiger charge is 2.21. The van der Waals surface area contributed by atoms with Crippen LogP contribution in [-0.4, -0.2) is 41.1 Å². The number of likely N-dealkylation sites (tertiary alicyclic amines) is 1. The molecule has 1 fully saturated rings. The summed E-state index contributed by atoms with van der Waals surface area (Å²) in [5, 5.41) is 6.41. The molecule has 1 amide bonds. The SMILES string of the molecule is C[C@H](c1ccccc1)n1c(C(=O)NCCCN2CCCC[C@@H]2C)cc2ccsc21. The molecule has 1 aromatic carbocycles. The predicted molar refractivity (Wildman–Crippen MR) is 122 cm³/mol. The molecule has 5 heteroatoms. The van der Waals surface area contributed by atoms with Gasteiger partial charge in [0.05, 0.1) is 6.04 Å². The number of hydrogen-bond donors (Lipinski definition) is 1. The van der Waals surface area contributed by atoms with Crippen LogP contribution in [-0.2, 0) is 0 Å². The predicted octanol–water partition coefficient (Wildman–Crippen LogP) is 5.31. The van der Waals surface area contributed by atoms with E-state index in [0.29, 0.717) is 6.04 Å². The minimum absolute atomic E-state index is 0.0304. The van der Waals surface area contributed by atoms with Gasteiger partial charge in [-0.3, -0.25) is 4.79 Å². The third kappa shape index (κ3) is 4.41. The first-order valence-corrected chi connectivity index (χ1v) is 11.7. The average Bonchev–Trinajstić information content (AvgIpc) is 3.33. The fourth-order valence-electron chi connectivity index (χ4n) is 4.45. The first-order chi connectivity index (χ1) is 14.1. The number of nitrogens with one attached hydrogen (secondary N) is 1. The Kier molecular flexibility index (Phi) is 6.36. The van der Waals surface area contributed by atoms with E-state index in [9.17, 15) is 4.79 Å². The molecule has 0 saturated carbocycles. The van der Waals surface area contributed by atoms with Gasteiger partial charge in [-0.2, -0.15) is 0 Å². The van der Waals surface area contributed by atoms with Crippen LogP contribution in [0, 0.1) is 0 Å². The van der Waals surface area contributed by atoms with Gasteiger partial charge in [0.15, 0.2) is 0 Å². The summed E-state index contributed by atoms with van der Waals surface area (Å²) in [6.07, 6.45) is 4.95. The highest BCUT2D eigenvalue weighted by Crippen LogP contribution is 2.31. The molecule has 1 aliphatic heterocycles. The van der Waals surface area contributed by atoms with Gasteiger partial charge in [0.1, 0.15) is 10.5 Å². The van der Waals surface area contributed by atoms with Crippen molar-refractivity contribution < 1.29 is 4.79 Å². The van der Waals surface area contributed by atoms with Crippen molar-refractivity contribution in [3.8, 4) is 0 Å². The van der Waals surface area contributed by atoms with E-state index in [4.69, 9.17) is 0 Å². The Labute approximate surface area is 177 Å². The van der Waals surface area contributed by atoms with Crippen molar-refractivity contribution in [2.75, 3.05) is 19.6 Å². The minimum atomic E-state index is 0.0304. The Morgan fingerprint density at radius 2 is 2.07 bits per heavy atom. The Balaban J connectivity index is 1.44. The molecule has 154 valence electrons. The molecule has 4 nitrogen and oxygen atoms in total. The van der Waals surface area contributed by atoms with Crippen molar-refractivity contribution in [2.45, 2.75) is 51.6 Å². The number of piperidine rings is 1. The molecule has 0 spiro atoms.